The van der Waals surface area contributed by atoms with Crippen LogP contribution in [0, 0.1) is 0 Å². The Morgan fingerprint density at radius 3 is 2.80 bits per heavy atom. The van der Waals surface area contributed by atoms with Crippen molar-refractivity contribution in [2.75, 3.05) is 6.54 Å². The van der Waals surface area contributed by atoms with Gasteiger partial charge in [0.15, 0.2) is 0 Å². The van der Waals surface area contributed by atoms with Crippen LogP contribution in [0.25, 0.3) is 0 Å². The van der Waals surface area contributed by atoms with Gasteiger partial charge in [0, 0.05) is 17.7 Å². The zero-order valence-electron chi connectivity index (χ0n) is 14.6. The van der Waals surface area contributed by atoms with E-state index < -0.39 is 5.60 Å². The maximum Gasteiger partial charge on any atom is 0.219 e. The van der Waals surface area contributed by atoms with E-state index in [1.54, 1.807) is 6.20 Å². The van der Waals surface area contributed by atoms with E-state index in [4.69, 9.17) is 10.5 Å². The fraction of sp³-hybridized carbons (Fsp3) is 0.476. The number of aliphatic hydroxyl groups is 1. The molecule has 1 aromatic carbocycles. The van der Waals surface area contributed by atoms with Gasteiger partial charge in [-0.2, -0.15) is 0 Å². The topological polar surface area (TPSA) is 68.4 Å². The number of aromatic nitrogens is 1. The molecule has 0 spiro atoms. The summed E-state index contributed by atoms with van der Waals surface area (Å²) < 4.78 is 5.96. The van der Waals surface area contributed by atoms with Crippen molar-refractivity contribution in [3.63, 3.8) is 0 Å². The molecule has 2 atom stereocenters. The number of benzene rings is 1. The number of hydrogen-bond acceptors (Lipinski definition) is 4. The summed E-state index contributed by atoms with van der Waals surface area (Å²) in [6.07, 6.45) is 8.42. The van der Waals surface area contributed by atoms with Crippen LogP contribution in [0.15, 0.2) is 42.6 Å². The van der Waals surface area contributed by atoms with Gasteiger partial charge in [0.05, 0.1) is 5.60 Å². The van der Waals surface area contributed by atoms with Crippen molar-refractivity contribution in [2.24, 2.45) is 5.73 Å². The molecule has 2 unspecified atom stereocenters. The van der Waals surface area contributed by atoms with Crippen LogP contribution < -0.4 is 10.5 Å². The molecule has 4 heteroatoms. The molecule has 0 bridgehead atoms. The van der Waals surface area contributed by atoms with Crippen LogP contribution in [0.3, 0.4) is 0 Å². The molecule has 25 heavy (non-hydrogen) atoms. The van der Waals surface area contributed by atoms with Gasteiger partial charge in [-0.15, -0.1) is 0 Å². The Morgan fingerprint density at radius 2 is 2.00 bits per heavy atom. The smallest absolute Gasteiger partial charge is 0.219 e. The first kappa shape index (κ1) is 16.6. The zero-order valence-corrected chi connectivity index (χ0v) is 14.6. The summed E-state index contributed by atoms with van der Waals surface area (Å²) in [6, 6.07) is 11.9. The first-order valence-corrected chi connectivity index (χ1v) is 9.32. The zero-order chi connectivity index (χ0) is 17.3. The van der Waals surface area contributed by atoms with Crippen LogP contribution in [0.5, 0.6) is 11.6 Å². The molecule has 1 heterocycles. The molecule has 3 N–H and O–H groups in total. The number of rotatable bonds is 4. The minimum Gasteiger partial charge on any atom is -0.439 e. The van der Waals surface area contributed by atoms with Gasteiger partial charge < -0.3 is 15.6 Å². The van der Waals surface area contributed by atoms with Crippen LogP contribution >= 0.6 is 0 Å². The van der Waals surface area contributed by atoms with Gasteiger partial charge in [-0.05, 0) is 68.0 Å². The first-order chi connectivity index (χ1) is 12.2. The van der Waals surface area contributed by atoms with Crippen molar-refractivity contribution < 1.29 is 9.84 Å². The molecule has 0 aliphatic heterocycles. The van der Waals surface area contributed by atoms with Crippen molar-refractivity contribution in [3.05, 3.63) is 53.7 Å². The van der Waals surface area contributed by atoms with Crippen LogP contribution in [0.4, 0.5) is 0 Å². The molecule has 1 aromatic heterocycles. The average Bonchev–Trinajstić information content (AvgIpc) is 2.63. The van der Waals surface area contributed by atoms with Gasteiger partial charge in [-0.25, -0.2) is 4.98 Å². The molecule has 4 rings (SSSR count). The Labute approximate surface area is 149 Å². The van der Waals surface area contributed by atoms with Gasteiger partial charge in [0.2, 0.25) is 5.88 Å². The summed E-state index contributed by atoms with van der Waals surface area (Å²) in [5.41, 5.74) is 7.67. The normalized spacial score (nSPS) is 28.1. The maximum atomic E-state index is 11.5. The predicted octanol–water partition coefficient (Wildman–Crippen LogP) is 3.71. The van der Waals surface area contributed by atoms with Crippen molar-refractivity contribution in [3.8, 4) is 11.6 Å². The molecule has 1 fully saturated rings. The van der Waals surface area contributed by atoms with Gasteiger partial charge >= 0.3 is 0 Å². The number of aryl methyl sites for hydroxylation is 1. The highest BCUT2D eigenvalue weighted by molar-refractivity contribution is 5.46. The molecule has 0 radical (unpaired) electrons. The predicted molar refractivity (Wildman–Crippen MR) is 97.8 cm³/mol. The lowest BCUT2D eigenvalue weighted by atomic mass is 9.53. The largest absolute Gasteiger partial charge is 0.439 e. The number of fused-ring (bicyclic) bond motifs is 3. The molecule has 132 valence electrons. The highest BCUT2D eigenvalue weighted by Gasteiger charge is 2.54. The Bertz CT molecular complexity index is 745. The van der Waals surface area contributed by atoms with Crippen molar-refractivity contribution >= 4 is 0 Å². The van der Waals surface area contributed by atoms with Crippen molar-refractivity contribution in [1.82, 2.24) is 4.98 Å². The van der Waals surface area contributed by atoms with E-state index in [1.165, 1.54) is 11.1 Å². The average molecular weight is 338 g/mol. The summed E-state index contributed by atoms with van der Waals surface area (Å²) in [6.45, 7) is 0.590. The van der Waals surface area contributed by atoms with Gasteiger partial charge in [0.25, 0.3) is 0 Å². The van der Waals surface area contributed by atoms with E-state index in [0.717, 1.165) is 50.7 Å². The Balaban J connectivity index is 1.76. The van der Waals surface area contributed by atoms with E-state index in [1.807, 2.05) is 24.3 Å². The molecule has 4 nitrogen and oxygen atoms in total. The lowest BCUT2D eigenvalue weighted by molar-refractivity contribution is -0.0862. The minimum absolute atomic E-state index is 0.239. The summed E-state index contributed by atoms with van der Waals surface area (Å²) in [5, 5.41) is 11.5. The third kappa shape index (κ3) is 2.74. The number of nitrogens with two attached hydrogens (primary N) is 1. The summed E-state index contributed by atoms with van der Waals surface area (Å²) in [7, 11) is 0. The van der Waals surface area contributed by atoms with Gasteiger partial charge in [-0.3, -0.25) is 0 Å². The van der Waals surface area contributed by atoms with Gasteiger partial charge in [0.1, 0.15) is 5.75 Å². The lowest BCUT2D eigenvalue weighted by Gasteiger charge is -2.54. The lowest BCUT2D eigenvalue weighted by Crippen LogP contribution is -2.57. The molecule has 1 saturated carbocycles. The second-order valence-corrected chi connectivity index (χ2v) is 7.45. The maximum absolute atomic E-state index is 11.5. The standard InChI is InChI=1S/C21H26N2O2/c22-13-12-20-9-2-3-10-21(20,24)11-8-16-6-7-17(15-18(16)20)25-19-5-1-4-14-23-19/h1,4-7,14-15,24H,2-3,8-13,22H2. The van der Waals surface area contributed by atoms with E-state index >= 15 is 0 Å². The fourth-order valence-corrected chi connectivity index (χ4v) is 4.96. The first-order valence-electron chi connectivity index (χ1n) is 9.32. The van der Waals surface area contributed by atoms with E-state index in [0.29, 0.717) is 12.4 Å². The SMILES string of the molecule is NCCC12CCCCC1(O)CCc1ccc(Oc3ccccn3)cc12. The minimum atomic E-state index is -0.638. The molecule has 2 aliphatic rings. The number of hydrogen-bond donors (Lipinski definition) is 2. The number of nitrogens with zero attached hydrogens (tertiary/aromatic N) is 1. The van der Waals surface area contributed by atoms with Crippen molar-refractivity contribution in [2.45, 2.75) is 56.0 Å². The van der Waals surface area contributed by atoms with Crippen LogP contribution in [-0.4, -0.2) is 22.2 Å². The number of pyridine rings is 1. The monoisotopic (exact) mass is 338 g/mol. The molecule has 2 aliphatic carbocycles. The van der Waals surface area contributed by atoms with E-state index in [2.05, 4.69) is 17.1 Å². The fourth-order valence-electron chi connectivity index (χ4n) is 4.96. The van der Waals surface area contributed by atoms with Gasteiger partial charge in [-0.1, -0.05) is 25.0 Å². The van der Waals surface area contributed by atoms with E-state index in [9.17, 15) is 5.11 Å². The van der Waals surface area contributed by atoms with Crippen LogP contribution in [0.2, 0.25) is 0 Å². The molecule has 0 amide bonds. The third-order valence-electron chi connectivity index (χ3n) is 6.17. The highest BCUT2D eigenvalue weighted by Crippen LogP contribution is 2.55. The van der Waals surface area contributed by atoms with Crippen LogP contribution in [-0.2, 0) is 11.8 Å². The third-order valence-corrected chi connectivity index (χ3v) is 6.17. The van der Waals surface area contributed by atoms with E-state index in [-0.39, 0.29) is 5.41 Å². The molecular formula is C21H26N2O2. The van der Waals surface area contributed by atoms with Crippen LogP contribution in [0.1, 0.15) is 49.7 Å². The second kappa shape index (κ2) is 6.43. The summed E-state index contributed by atoms with van der Waals surface area (Å²) in [5.74, 6) is 1.37. The quantitative estimate of drug-likeness (QED) is 0.892. The Hall–Kier alpha value is -1.91. The molecule has 0 saturated heterocycles. The molecular weight excluding hydrogens is 312 g/mol. The second-order valence-electron chi connectivity index (χ2n) is 7.45. The Kier molecular flexibility index (Phi) is 4.26. The molecule has 2 aromatic rings. The summed E-state index contributed by atoms with van der Waals surface area (Å²) in [4.78, 5) is 4.24. The summed E-state index contributed by atoms with van der Waals surface area (Å²) >= 11 is 0. The highest BCUT2D eigenvalue weighted by atomic mass is 16.5. The Morgan fingerprint density at radius 1 is 1.12 bits per heavy atom. The number of ether oxygens (including phenoxy) is 1. The van der Waals surface area contributed by atoms with Crippen molar-refractivity contribution in [1.29, 1.82) is 0 Å².